The summed E-state index contributed by atoms with van der Waals surface area (Å²) in [7, 11) is 2.01. The van der Waals surface area contributed by atoms with Crippen molar-refractivity contribution in [1.82, 2.24) is 0 Å². The lowest BCUT2D eigenvalue weighted by atomic mass is 9.86. The highest BCUT2D eigenvalue weighted by molar-refractivity contribution is 5.90. The predicted octanol–water partition coefficient (Wildman–Crippen LogP) is 2.98. The van der Waals surface area contributed by atoms with Crippen molar-refractivity contribution in [3.8, 4) is 0 Å². The van der Waals surface area contributed by atoms with E-state index in [0.29, 0.717) is 17.3 Å². The first-order chi connectivity index (χ1) is 8.99. The van der Waals surface area contributed by atoms with E-state index in [2.05, 4.69) is 11.8 Å². The molecular weight excluding hydrogens is 240 g/mol. The summed E-state index contributed by atoms with van der Waals surface area (Å²) in [5.74, 6) is -0.112. The molecule has 0 aliphatic heterocycles. The molecule has 0 bridgehead atoms. The van der Waals surface area contributed by atoms with Crippen molar-refractivity contribution in [2.75, 3.05) is 17.7 Å². The van der Waals surface area contributed by atoms with E-state index in [4.69, 9.17) is 10.8 Å². The molecule has 104 valence electrons. The number of nitrogens with zero attached hydrogens (tertiary/aromatic N) is 1. The molecule has 0 unspecified atom stereocenters. The molecule has 0 spiro atoms. The summed E-state index contributed by atoms with van der Waals surface area (Å²) < 4.78 is 0. The fourth-order valence-electron chi connectivity index (χ4n) is 2.81. The molecule has 0 radical (unpaired) electrons. The molecule has 1 saturated carbocycles. The molecule has 1 aromatic rings. The normalized spacial score (nSPS) is 23.1. The van der Waals surface area contributed by atoms with E-state index in [1.165, 1.54) is 12.8 Å². The number of benzene rings is 1. The maximum absolute atomic E-state index is 11.0. The lowest BCUT2D eigenvalue weighted by molar-refractivity contribution is 0.0697. The zero-order chi connectivity index (χ0) is 14.0. The van der Waals surface area contributed by atoms with Gasteiger partial charge in [0.2, 0.25) is 0 Å². The Bertz CT molecular complexity index is 465. The summed E-state index contributed by atoms with van der Waals surface area (Å²) in [4.78, 5) is 13.2. The SMILES string of the molecule is CC1CCC(N(C)c2cc(C(=O)O)ccc2N)CC1. The average Bonchev–Trinajstić information content (AvgIpc) is 2.39. The van der Waals surface area contributed by atoms with E-state index in [0.717, 1.165) is 24.4 Å². The number of nitrogens with two attached hydrogens (primary N) is 1. The smallest absolute Gasteiger partial charge is 0.335 e. The van der Waals surface area contributed by atoms with Gasteiger partial charge in [0.15, 0.2) is 0 Å². The van der Waals surface area contributed by atoms with Gasteiger partial charge in [0, 0.05) is 13.1 Å². The molecule has 19 heavy (non-hydrogen) atoms. The number of carboxylic acids is 1. The van der Waals surface area contributed by atoms with Crippen molar-refractivity contribution in [2.45, 2.75) is 38.6 Å². The van der Waals surface area contributed by atoms with E-state index in [1.807, 2.05) is 7.05 Å². The van der Waals surface area contributed by atoms with Crippen LogP contribution in [0.1, 0.15) is 43.0 Å². The van der Waals surface area contributed by atoms with E-state index in [-0.39, 0.29) is 0 Å². The fourth-order valence-corrected chi connectivity index (χ4v) is 2.81. The molecule has 0 atom stereocenters. The summed E-state index contributed by atoms with van der Waals surface area (Å²) >= 11 is 0. The summed E-state index contributed by atoms with van der Waals surface area (Å²) in [5, 5.41) is 9.07. The summed E-state index contributed by atoms with van der Waals surface area (Å²) in [6, 6.07) is 5.37. The van der Waals surface area contributed by atoms with E-state index in [1.54, 1.807) is 18.2 Å². The first kappa shape index (κ1) is 13.7. The Morgan fingerprint density at radius 3 is 2.53 bits per heavy atom. The number of hydrogen-bond donors (Lipinski definition) is 2. The Balaban J connectivity index is 2.20. The first-order valence-corrected chi connectivity index (χ1v) is 6.84. The minimum Gasteiger partial charge on any atom is -0.478 e. The number of carbonyl (C=O) groups is 1. The van der Waals surface area contributed by atoms with Crippen LogP contribution in [0.2, 0.25) is 0 Å². The molecular formula is C15H22N2O2. The Labute approximate surface area is 114 Å². The zero-order valence-corrected chi connectivity index (χ0v) is 11.6. The minimum atomic E-state index is -0.910. The van der Waals surface area contributed by atoms with Crippen LogP contribution in [-0.2, 0) is 0 Å². The summed E-state index contributed by atoms with van der Waals surface area (Å²) in [6.45, 7) is 2.29. The van der Waals surface area contributed by atoms with Crippen LogP contribution in [0, 0.1) is 5.92 Å². The molecule has 3 N–H and O–H groups in total. The van der Waals surface area contributed by atoms with Crippen LogP contribution in [0.5, 0.6) is 0 Å². The summed E-state index contributed by atoms with van der Waals surface area (Å²) in [6.07, 6.45) is 4.75. The van der Waals surface area contributed by atoms with Crippen molar-refractivity contribution in [3.05, 3.63) is 23.8 Å². The van der Waals surface area contributed by atoms with Crippen molar-refractivity contribution in [3.63, 3.8) is 0 Å². The van der Waals surface area contributed by atoms with Gasteiger partial charge in [-0.2, -0.15) is 0 Å². The molecule has 0 heterocycles. The second kappa shape index (κ2) is 5.51. The fraction of sp³-hybridized carbons (Fsp3) is 0.533. The Hall–Kier alpha value is -1.71. The molecule has 4 heteroatoms. The van der Waals surface area contributed by atoms with Gasteiger partial charge in [-0.05, 0) is 49.8 Å². The highest BCUT2D eigenvalue weighted by Gasteiger charge is 2.23. The van der Waals surface area contributed by atoms with Gasteiger partial charge in [-0.15, -0.1) is 0 Å². The second-order valence-electron chi connectivity index (χ2n) is 5.60. The Morgan fingerprint density at radius 1 is 1.32 bits per heavy atom. The molecule has 1 aromatic carbocycles. The van der Waals surface area contributed by atoms with Gasteiger partial charge in [0.1, 0.15) is 0 Å². The van der Waals surface area contributed by atoms with Crippen LogP contribution < -0.4 is 10.6 Å². The van der Waals surface area contributed by atoms with Gasteiger partial charge in [-0.1, -0.05) is 6.92 Å². The first-order valence-electron chi connectivity index (χ1n) is 6.84. The van der Waals surface area contributed by atoms with Crippen LogP contribution in [0.15, 0.2) is 18.2 Å². The van der Waals surface area contributed by atoms with Crippen molar-refractivity contribution in [1.29, 1.82) is 0 Å². The van der Waals surface area contributed by atoms with Crippen molar-refractivity contribution >= 4 is 17.3 Å². The van der Waals surface area contributed by atoms with Gasteiger partial charge in [0.05, 0.1) is 16.9 Å². The van der Waals surface area contributed by atoms with Crippen LogP contribution in [-0.4, -0.2) is 24.2 Å². The monoisotopic (exact) mass is 262 g/mol. The largest absolute Gasteiger partial charge is 0.478 e. The number of rotatable bonds is 3. The number of carboxylic acid groups (broad SMARTS) is 1. The molecule has 2 rings (SSSR count). The standard InChI is InChI=1S/C15H22N2O2/c1-10-3-6-12(7-4-10)17(2)14-9-11(15(18)19)5-8-13(14)16/h5,8-10,12H,3-4,6-7,16H2,1-2H3,(H,18,19). The van der Waals surface area contributed by atoms with Crippen molar-refractivity contribution in [2.24, 2.45) is 5.92 Å². The number of nitrogen functional groups attached to an aromatic ring is 1. The third-order valence-corrected chi connectivity index (χ3v) is 4.19. The number of anilines is 2. The number of aromatic carboxylic acids is 1. The lowest BCUT2D eigenvalue weighted by Crippen LogP contribution is -2.35. The van der Waals surface area contributed by atoms with Gasteiger partial charge >= 0.3 is 5.97 Å². The topological polar surface area (TPSA) is 66.6 Å². The lowest BCUT2D eigenvalue weighted by Gasteiger charge is -2.35. The van der Waals surface area contributed by atoms with Crippen LogP contribution >= 0.6 is 0 Å². The average molecular weight is 262 g/mol. The van der Waals surface area contributed by atoms with Crippen LogP contribution in [0.4, 0.5) is 11.4 Å². The molecule has 4 nitrogen and oxygen atoms in total. The van der Waals surface area contributed by atoms with Crippen LogP contribution in [0.3, 0.4) is 0 Å². The maximum atomic E-state index is 11.0. The van der Waals surface area contributed by atoms with Gasteiger partial charge < -0.3 is 15.7 Å². The van der Waals surface area contributed by atoms with E-state index >= 15 is 0 Å². The Kier molecular flexibility index (Phi) is 3.98. The summed E-state index contributed by atoms with van der Waals surface area (Å²) in [5.41, 5.74) is 7.76. The van der Waals surface area contributed by atoms with Crippen LogP contribution in [0.25, 0.3) is 0 Å². The molecule has 0 amide bonds. The minimum absolute atomic E-state index is 0.292. The molecule has 1 fully saturated rings. The van der Waals surface area contributed by atoms with Gasteiger partial charge in [0.25, 0.3) is 0 Å². The third-order valence-electron chi connectivity index (χ3n) is 4.19. The maximum Gasteiger partial charge on any atom is 0.335 e. The van der Waals surface area contributed by atoms with E-state index < -0.39 is 5.97 Å². The molecule has 0 aromatic heterocycles. The highest BCUT2D eigenvalue weighted by atomic mass is 16.4. The Morgan fingerprint density at radius 2 is 1.95 bits per heavy atom. The van der Waals surface area contributed by atoms with Gasteiger partial charge in [-0.25, -0.2) is 4.79 Å². The molecule has 1 aliphatic rings. The molecule has 0 saturated heterocycles. The van der Waals surface area contributed by atoms with Gasteiger partial charge in [-0.3, -0.25) is 0 Å². The zero-order valence-electron chi connectivity index (χ0n) is 11.6. The number of hydrogen-bond acceptors (Lipinski definition) is 3. The third kappa shape index (κ3) is 3.00. The molecule has 1 aliphatic carbocycles. The highest BCUT2D eigenvalue weighted by Crippen LogP contribution is 2.32. The second-order valence-corrected chi connectivity index (χ2v) is 5.60. The predicted molar refractivity (Wildman–Crippen MR) is 77.6 cm³/mol. The van der Waals surface area contributed by atoms with Crippen molar-refractivity contribution < 1.29 is 9.90 Å². The quantitative estimate of drug-likeness (QED) is 0.822. The van der Waals surface area contributed by atoms with E-state index in [9.17, 15) is 4.79 Å².